The summed E-state index contributed by atoms with van der Waals surface area (Å²) in [5.74, 6) is -3.85. The topological polar surface area (TPSA) is 54.4 Å². The van der Waals surface area contributed by atoms with E-state index in [2.05, 4.69) is 0 Å². The molecule has 0 aliphatic heterocycles. The Balaban J connectivity index is 2.96. The third kappa shape index (κ3) is 4.28. The molecule has 1 aromatic rings. The van der Waals surface area contributed by atoms with Crippen molar-refractivity contribution in [1.29, 1.82) is 0 Å². The molecule has 0 aliphatic carbocycles. The Morgan fingerprint density at radius 1 is 1.21 bits per heavy atom. The molecular formula is C13H13ClF2O3. The number of carbonyl (C=O) groups excluding carboxylic acids is 1. The second-order valence-electron chi connectivity index (χ2n) is 5.08. The van der Waals surface area contributed by atoms with Gasteiger partial charge in [-0.25, -0.2) is 8.78 Å². The van der Waals surface area contributed by atoms with E-state index in [0.717, 1.165) is 12.1 Å². The second-order valence-corrected chi connectivity index (χ2v) is 5.49. The van der Waals surface area contributed by atoms with Gasteiger partial charge in [0.25, 0.3) is 0 Å². The molecule has 3 nitrogen and oxygen atoms in total. The van der Waals surface area contributed by atoms with Crippen LogP contribution < -0.4 is 0 Å². The summed E-state index contributed by atoms with van der Waals surface area (Å²) in [5, 5.41) is 8.54. The Labute approximate surface area is 114 Å². The molecule has 0 heterocycles. The smallest absolute Gasteiger partial charge is 0.303 e. The van der Waals surface area contributed by atoms with Crippen LogP contribution in [-0.4, -0.2) is 16.9 Å². The fourth-order valence-corrected chi connectivity index (χ4v) is 1.99. The summed E-state index contributed by atoms with van der Waals surface area (Å²) in [6, 6.07) is 1.46. The lowest BCUT2D eigenvalue weighted by molar-refractivity contribution is -0.139. The Hall–Kier alpha value is -1.49. The molecule has 19 heavy (non-hydrogen) atoms. The first-order valence-corrected chi connectivity index (χ1v) is 5.90. The molecule has 0 saturated carbocycles. The van der Waals surface area contributed by atoms with Crippen LogP contribution in [0.1, 0.15) is 37.0 Å². The summed E-state index contributed by atoms with van der Waals surface area (Å²) >= 11 is 5.69. The quantitative estimate of drug-likeness (QED) is 0.664. The van der Waals surface area contributed by atoms with Crippen molar-refractivity contribution in [3.05, 3.63) is 34.4 Å². The summed E-state index contributed by atoms with van der Waals surface area (Å²) in [7, 11) is 0. The van der Waals surface area contributed by atoms with Gasteiger partial charge in [0.1, 0.15) is 0 Å². The van der Waals surface area contributed by atoms with E-state index in [9.17, 15) is 18.4 Å². The number of carboxylic acid groups (broad SMARTS) is 1. The molecule has 0 atom stereocenters. The van der Waals surface area contributed by atoms with Gasteiger partial charge in [0.2, 0.25) is 0 Å². The number of aliphatic carboxylic acids is 1. The van der Waals surface area contributed by atoms with Gasteiger partial charge in [0.05, 0.1) is 11.4 Å². The Bertz CT molecular complexity index is 527. The maximum Gasteiger partial charge on any atom is 0.303 e. The highest BCUT2D eigenvalue weighted by atomic mass is 35.5. The van der Waals surface area contributed by atoms with Crippen molar-refractivity contribution in [2.24, 2.45) is 5.41 Å². The molecule has 0 aromatic heterocycles. The molecule has 0 amide bonds. The lowest BCUT2D eigenvalue weighted by Crippen LogP contribution is -2.21. The number of hydrogen-bond donors (Lipinski definition) is 1. The van der Waals surface area contributed by atoms with E-state index < -0.39 is 28.8 Å². The number of hydrogen-bond acceptors (Lipinski definition) is 2. The molecule has 0 aliphatic rings. The highest BCUT2D eigenvalue weighted by Crippen LogP contribution is 2.29. The largest absolute Gasteiger partial charge is 0.481 e. The molecule has 0 saturated heterocycles. The normalized spacial score (nSPS) is 11.4. The molecular weight excluding hydrogens is 278 g/mol. The van der Waals surface area contributed by atoms with Gasteiger partial charge in [-0.15, -0.1) is 0 Å². The average molecular weight is 291 g/mol. The SMILES string of the molecule is CC(C)(CC(=O)O)CC(=O)c1cc(F)c(F)cc1Cl. The van der Waals surface area contributed by atoms with Crippen LogP contribution in [0.2, 0.25) is 5.02 Å². The number of carbonyl (C=O) groups is 2. The second kappa shape index (κ2) is 5.65. The van der Waals surface area contributed by atoms with Crippen molar-refractivity contribution in [2.75, 3.05) is 0 Å². The summed E-state index contributed by atoms with van der Waals surface area (Å²) < 4.78 is 26.0. The number of halogens is 3. The van der Waals surface area contributed by atoms with E-state index in [4.69, 9.17) is 16.7 Å². The van der Waals surface area contributed by atoms with E-state index in [-0.39, 0.29) is 23.4 Å². The molecule has 1 rings (SSSR count). The highest BCUT2D eigenvalue weighted by Gasteiger charge is 2.27. The van der Waals surface area contributed by atoms with Crippen molar-refractivity contribution in [3.63, 3.8) is 0 Å². The summed E-state index contributed by atoms with van der Waals surface area (Å²) in [6.45, 7) is 3.21. The van der Waals surface area contributed by atoms with Crippen LogP contribution in [0, 0.1) is 17.0 Å². The molecule has 104 valence electrons. The molecule has 1 N–H and O–H groups in total. The van der Waals surface area contributed by atoms with Crippen LogP contribution >= 0.6 is 11.6 Å². The predicted molar refractivity (Wildman–Crippen MR) is 66.3 cm³/mol. The fraction of sp³-hybridized carbons (Fsp3) is 0.385. The molecule has 0 bridgehead atoms. The van der Waals surface area contributed by atoms with Gasteiger partial charge in [-0.2, -0.15) is 0 Å². The van der Waals surface area contributed by atoms with Crippen LogP contribution in [0.4, 0.5) is 8.78 Å². The fourth-order valence-electron chi connectivity index (χ4n) is 1.74. The Kier molecular flexibility index (Phi) is 4.63. The maximum atomic E-state index is 13.1. The van der Waals surface area contributed by atoms with E-state index >= 15 is 0 Å². The molecule has 0 unspecified atom stereocenters. The lowest BCUT2D eigenvalue weighted by Gasteiger charge is -2.21. The van der Waals surface area contributed by atoms with Crippen LogP contribution in [0.15, 0.2) is 12.1 Å². The van der Waals surface area contributed by atoms with Gasteiger partial charge < -0.3 is 5.11 Å². The summed E-state index contributed by atoms with van der Waals surface area (Å²) in [6.07, 6.45) is -0.329. The summed E-state index contributed by atoms with van der Waals surface area (Å²) in [4.78, 5) is 22.6. The van der Waals surface area contributed by atoms with Crippen molar-refractivity contribution in [3.8, 4) is 0 Å². The zero-order chi connectivity index (χ0) is 14.8. The average Bonchev–Trinajstić information content (AvgIpc) is 2.20. The number of ketones is 1. The van der Waals surface area contributed by atoms with Crippen molar-refractivity contribution < 1.29 is 23.5 Å². The summed E-state index contributed by atoms with van der Waals surface area (Å²) in [5.41, 5.74) is -0.934. The van der Waals surface area contributed by atoms with Gasteiger partial charge >= 0.3 is 5.97 Å². The van der Waals surface area contributed by atoms with Crippen LogP contribution in [0.3, 0.4) is 0 Å². The number of Topliss-reactive ketones (excluding diaryl/α,β-unsaturated/α-hetero) is 1. The number of rotatable bonds is 5. The van der Waals surface area contributed by atoms with Crippen LogP contribution in [-0.2, 0) is 4.79 Å². The zero-order valence-corrected chi connectivity index (χ0v) is 11.2. The van der Waals surface area contributed by atoms with Crippen molar-refractivity contribution in [1.82, 2.24) is 0 Å². The van der Waals surface area contributed by atoms with E-state index in [1.54, 1.807) is 13.8 Å². The van der Waals surface area contributed by atoms with E-state index in [0.29, 0.717) is 0 Å². The first-order chi connectivity index (χ1) is 8.62. The Morgan fingerprint density at radius 3 is 2.26 bits per heavy atom. The number of benzene rings is 1. The number of carboxylic acids is 1. The van der Waals surface area contributed by atoms with Gasteiger partial charge in [-0.1, -0.05) is 25.4 Å². The minimum absolute atomic E-state index is 0.121. The minimum Gasteiger partial charge on any atom is -0.481 e. The standard InChI is InChI=1S/C13H13ClF2O3/c1-13(2,6-12(18)19)5-11(17)7-3-9(15)10(16)4-8(7)14/h3-4H,5-6H2,1-2H3,(H,18,19). The third-order valence-corrected chi connectivity index (χ3v) is 2.89. The van der Waals surface area contributed by atoms with E-state index in [1.807, 2.05) is 0 Å². The van der Waals surface area contributed by atoms with Crippen LogP contribution in [0.5, 0.6) is 0 Å². The highest BCUT2D eigenvalue weighted by molar-refractivity contribution is 6.34. The van der Waals surface area contributed by atoms with Gasteiger partial charge in [0, 0.05) is 12.0 Å². The maximum absolute atomic E-state index is 13.1. The molecule has 1 aromatic carbocycles. The van der Waals surface area contributed by atoms with E-state index in [1.165, 1.54) is 0 Å². The van der Waals surface area contributed by atoms with Crippen molar-refractivity contribution >= 4 is 23.4 Å². The molecule has 0 spiro atoms. The van der Waals surface area contributed by atoms with Crippen LogP contribution in [0.25, 0.3) is 0 Å². The monoisotopic (exact) mass is 290 g/mol. The molecule has 0 fully saturated rings. The van der Waals surface area contributed by atoms with Gasteiger partial charge in [0.15, 0.2) is 17.4 Å². The first-order valence-electron chi connectivity index (χ1n) is 5.52. The minimum atomic E-state index is -1.16. The third-order valence-electron chi connectivity index (χ3n) is 2.58. The predicted octanol–water partition coefficient (Wildman–Crippen LogP) is 3.69. The molecule has 6 heteroatoms. The Morgan fingerprint density at radius 2 is 1.74 bits per heavy atom. The zero-order valence-electron chi connectivity index (χ0n) is 10.5. The van der Waals surface area contributed by atoms with Gasteiger partial charge in [-0.05, 0) is 17.5 Å². The first kappa shape index (κ1) is 15.6. The molecule has 0 radical (unpaired) electrons. The van der Waals surface area contributed by atoms with Gasteiger partial charge in [-0.3, -0.25) is 9.59 Å². The van der Waals surface area contributed by atoms with Crippen molar-refractivity contribution in [2.45, 2.75) is 26.7 Å². The lowest BCUT2D eigenvalue weighted by atomic mass is 9.82.